The van der Waals surface area contributed by atoms with E-state index in [-0.39, 0.29) is 23.5 Å². The van der Waals surface area contributed by atoms with E-state index in [9.17, 15) is 14.4 Å². The fraction of sp³-hybridized carbons (Fsp3) is 0.286. The number of epoxide rings is 1. The Balaban J connectivity index is 1.93. The van der Waals surface area contributed by atoms with Crippen molar-refractivity contribution in [3.8, 4) is 0 Å². The molecule has 0 N–H and O–H groups in total. The monoisotopic (exact) mass is 350 g/mol. The first-order chi connectivity index (χ1) is 12.5. The molecule has 1 fully saturated rings. The molecular weight excluding hydrogens is 332 g/mol. The van der Waals surface area contributed by atoms with E-state index < -0.39 is 23.0 Å². The second-order valence-electron chi connectivity index (χ2n) is 6.44. The van der Waals surface area contributed by atoms with E-state index >= 15 is 0 Å². The number of benzene rings is 2. The van der Waals surface area contributed by atoms with E-state index in [1.54, 1.807) is 43.3 Å². The van der Waals surface area contributed by atoms with Gasteiger partial charge in [0.15, 0.2) is 0 Å². The maximum Gasteiger partial charge on any atom is 0.350 e. The third kappa shape index (κ3) is 1.86. The number of hydrogen-bond acceptors (Lipinski definition) is 5. The summed E-state index contributed by atoms with van der Waals surface area (Å²) in [5.41, 5.74) is -1.52. The molecule has 1 aliphatic carbocycles. The molecule has 1 aliphatic heterocycles. The second-order valence-corrected chi connectivity index (χ2v) is 6.44. The minimum absolute atomic E-state index is 0.0952. The number of carbonyl (C=O) groups is 3. The van der Waals surface area contributed by atoms with E-state index in [4.69, 9.17) is 9.47 Å². The zero-order valence-corrected chi connectivity index (χ0v) is 14.6. The third-order valence-electron chi connectivity index (χ3n) is 5.15. The molecule has 2 aromatic rings. The average Bonchev–Trinajstić information content (AvgIpc) is 3.40. The minimum Gasteiger partial charge on any atom is -0.463 e. The standard InChI is InChI=1S/C21H18O5/c1-3-13-9-11-14(12-10-13)20-17(22)15-7-5-6-8-16(15)18(23)21(20,26-20)19(24)25-4-2/h5-12H,3-4H2,1-2H3/t20-,21-/m1/s1. The molecule has 0 unspecified atom stereocenters. The summed E-state index contributed by atoms with van der Waals surface area (Å²) in [5, 5.41) is 0. The maximum atomic E-state index is 13.3. The Bertz CT molecular complexity index is 930. The van der Waals surface area contributed by atoms with Crippen molar-refractivity contribution in [2.75, 3.05) is 6.61 Å². The van der Waals surface area contributed by atoms with Crippen LogP contribution in [0.25, 0.3) is 0 Å². The molecule has 1 heterocycles. The molecule has 1 saturated heterocycles. The van der Waals surface area contributed by atoms with Crippen LogP contribution in [0.3, 0.4) is 0 Å². The average molecular weight is 350 g/mol. The van der Waals surface area contributed by atoms with Crippen LogP contribution < -0.4 is 0 Å². The second kappa shape index (κ2) is 5.61. The van der Waals surface area contributed by atoms with Crippen LogP contribution >= 0.6 is 0 Å². The fourth-order valence-electron chi connectivity index (χ4n) is 3.75. The normalized spacial score (nSPS) is 26.1. The summed E-state index contributed by atoms with van der Waals surface area (Å²) in [5.74, 6) is -1.72. The van der Waals surface area contributed by atoms with Gasteiger partial charge in [-0.25, -0.2) is 4.79 Å². The van der Waals surface area contributed by atoms with Crippen molar-refractivity contribution in [3.63, 3.8) is 0 Å². The third-order valence-corrected chi connectivity index (χ3v) is 5.15. The Morgan fingerprint density at radius 2 is 1.58 bits per heavy atom. The van der Waals surface area contributed by atoms with Gasteiger partial charge in [-0.05, 0) is 24.5 Å². The van der Waals surface area contributed by atoms with Crippen molar-refractivity contribution < 1.29 is 23.9 Å². The molecule has 26 heavy (non-hydrogen) atoms. The van der Waals surface area contributed by atoms with Crippen molar-refractivity contribution in [1.29, 1.82) is 0 Å². The van der Waals surface area contributed by atoms with Crippen molar-refractivity contribution in [1.82, 2.24) is 0 Å². The van der Waals surface area contributed by atoms with E-state index in [1.807, 2.05) is 19.1 Å². The van der Waals surface area contributed by atoms with Gasteiger partial charge in [-0.1, -0.05) is 55.5 Å². The molecule has 0 spiro atoms. The molecule has 5 nitrogen and oxygen atoms in total. The summed E-state index contributed by atoms with van der Waals surface area (Å²) in [6.45, 7) is 3.77. The molecule has 0 aromatic heterocycles. The summed E-state index contributed by atoms with van der Waals surface area (Å²) in [6.07, 6.45) is 0.840. The molecule has 0 saturated carbocycles. The van der Waals surface area contributed by atoms with Crippen LogP contribution in [-0.2, 0) is 26.3 Å². The van der Waals surface area contributed by atoms with E-state index in [1.165, 1.54) is 0 Å². The van der Waals surface area contributed by atoms with Crippen LogP contribution in [0.5, 0.6) is 0 Å². The molecular formula is C21H18O5. The molecule has 2 aliphatic rings. The summed E-state index contributed by atoms with van der Waals surface area (Å²) in [4.78, 5) is 39.2. The van der Waals surface area contributed by atoms with Gasteiger partial charge >= 0.3 is 5.97 Å². The first-order valence-corrected chi connectivity index (χ1v) is 8.68. The number of fused-ring (bicyclic) bond motifs is 2. The van der Waals surface area contributed by atoms with E-state index in [0.717, 1.165) is 12.0 Å². The zero-order valence-electron chi connectivity index (χ0n) is 14.6. The van der Waals surface area contributed by atoms with Gasteiger partial charge in [-0.15, -0.1) is 0 Å². The van der Waals surface area contributed by atoms with E-state index in [0.29, 0.717) is 5.56 Å². The van der Waals surface area contributed by atoms with Gasteiger partial charge in [0, 0.05) is 11.1 Å². The number of Topliss-reactive ketones (excluding diaryl/α,β-unsaturated/α-hetero) is 2. The predicted molar refractivity (Wildman–Crippen MR) is 93.1 cm³/mol. The van der Waals surface area contributed by atoms with Crippen molar-refractivity contribution in [3.05, 3.63) is 70.8 Å². The first-order valence-electron chi connectivity index (χ1n) is 8.68. The Hall–Kier alpha value is -2.79. The number of ketones is 2. The number of ether oxygens (including phenoxy) is 2. The molecule has 0 radical (unpaired) electrons. The number of hydrogen-bond donors (Lipinski definition) is 0. The van der Waals surface area contributed by atoms with Crippen LogP contribution in [0.1, 0.15) is 45.7 Å². The predicted octanol–water partition coefficient (Wildman–Crippen LogP) is 2.86. The van der Waals surface area contributed by atoms with Gasteiger partial charge < -0.3 is 9.47 Å². The number of carbonyl (C=O) groups excluding carboxylic acids is 3. The van der Waals surface area contributed by atoms with Gasteiger partial charge in [0.25, 0.3) is 5.60 Å². The molecule has 0 bridgehead atoms. The maximum absolute atomic E-state index is 13.3. The highest BCUT2D eigenvalue weighted by atomic mass is 16.7. The van der Waals surface area contributed by atoms with Crippen LogP contribution in [0.15, 0.2) is 48.5 Å². The smallest absolute Gasteiger partial charge is 0.350 e. The summed E-state index contributed by atoms with van der Waals surface area (Å²) >= 11 is 0. The molecule has 5 heteroatoms. The SMILES string of the molecule is CCOC(=O)[C@@]12O[C@]1(c1ccc(CC)cc1)C(=O)c1ccccc1C2=O. The highest BCUT2D eigenvalue weighted by molar-refractivity contribution is 6.32. The lowest BCUT2D eigenvalue weighted by molar-refractivity contribution is -0.147. The highest BCUT2D eigenvalue weighted by Crippen LogP contribution is 2.62. The van der Waals surface area contributed by atoms with Crippen LogP contribution in [-0.4, -0.2) is 29.7 Å². The largest absolute Gasteiger partial charge is 0.463 e. The van der Waals surface area contributed by atoms with Crippen LogP contribution in [0, 0.1) is 0 Å². The molecule has 132 valence electrons. The van der Waals surface area contributed by atoms with Gasteiger partial charge in [-0.2, -0.15) is 0 Å². The molecule has 2 aromatic carbocycles. The van der Waals surface area contributed by atoms with Gasteiger partial charge in [-0.3, -0.25) is 9.59 Å². The van der Waals surface area contributed by atoms with Gasteiger partial charge in [0.2, 0.25) is 17.2 Å². The zero-order chi connectivity index (χ0) is 18.5. The quantitative estimate of drug-likeness (QED) is 0.482. The number of esters is 1. The molecule has 4 rings (SSSR count). The Morgan fingerprint density at radius 1 is 0.962 bits per heavy atom. The summed E-state index contributed by atoms with van der Waals surface area (Å²) < 4.78 is 10.9. The Morgan fingerprint density at radius 3 is 2.15 bits per heavy atom. The van der Waals surface area contributed by atoms with Gasteiger partial charge in [0.1, 0.15) is 0 Å². The summed E-state index contributed by atoms with van der Waals surface area (Å²) in [6, 6.07) is 13.7. The van der Waals surface area contributed by atoms with E-state index in [2.05, 4.69) is 0 Å². The molecule has 2 atom stereocenters. The number of aryl methyl sites for hydroxylation is 1. The van der Waals surface area contributed by atoms with Crippen molar-refractivity contribution in [2.45, 2.75) is 31.5 Å². The lowest BCUT2D eigenvalue weighted by Crippen LogP contribution is -2.49. The first kappa shape index (κ1) is 16.7. The van der Waals surface area contributed by atoms with Gasteiger partial charge in [0.05, 0.1) is 6.61 Å². The van der Waals surface area contributed by atoms with Crippen molar-refractivity contribution >= 4 is 17.5 Å². The van der Waals surface area contributed by atoms with Crippen LogP contribution in [0.2, 0.25) is 0 Å². The lowest BCUT2D eigenvalue weighted by Gasteiger charge is -2.24. The summed E-state index contributed by atoms with van der Waals surface area (Å²) in [7, 11) is 0. The fourth-order valence-corrected chi connectivity index (χ4v) is 3.75. The highest BCUT2D eigenvalue weighted by Gasteiger charge is 2.86. The van der Waals surface area contributed by atoms with Crippen LogP contribution in [0.4, 0.5) is 0 Å². The minimum atomic E-state index is -1.93. The lowest BCUT2D eigenvalue weighted by atomic mass is 9.71. The Kier molecular flexibility index (Phi) is 3.59. The van der Waals surface area contributed by atoms with Crippen molar-refractivity contribution in [2.24, 2.45) is 0 Å². The topological polar surface area (TPSA) is 73.0 Å². The Labute approximate surface area is 150 Å². The number of rotatable bonds is 4. The molecule has 0 amide bonds.